The number of hydrogen-bond acceptors (Lipinski definition) is 3. The fraction of sp³-hybridized carbons (Fsp3) is 0.125. The molecule has 3 heterocycles. The smallest absolute Gasteiger partial charge is 0.0386 e. The van der Waals surface area contributed by atoms with Crippen molar-refractivity contribution in [3.63, 3.8) is 0 Å². The van der Waals surface area contributed by atoms with E-state index in [9.17, 15) is 0 Å². The van der Waals surface area contributed by atoms with Crippen molar-refractivity contribution >= 4 is 39.6 Å². The van der Waals surface area contributed by atoms with E-state index in [4.69, 9.17) is 0 Å². The minimum atomic E-state index is 0.541. The number of fused-ring (bicyclic) bond motifs is 1. The van der Waals surface area contributed by atoms with Crippen LogP contribution in [0, 0.1) is 0 Å². The van der Waals surface area contributed by atoms with Crippen molar-refractivity contribution in [3.05, 3.63) is 72.7 Å². The third-order valence-corrected chi connectivity index (χ3v) is 6.39. The van der Waals surface area contributed by atoms with Gasteiger partial charge in [-0.2, -0.15) is 0 Å². The average Bonchev–Trinajstić information content (AvgIpc) is 3.18. The van der Waals surface area contributed by atoms with Crippen LogP contribution in [0.2, 0.25) is 0 Å². The van der Waals surface area contributed by atoms with Crippen LogP contribution >= 0.6 is 34.0 Å². The lowest BCUT2D eigenvalue weighted by Crippen LogP contribution is -2.05. The summed E-state index contributed by atoms with van der Waals surface area (Å²) in [5.74, 6) is 0.541. The molecule has 0 saturated carbocycles. The predicted molar refractivity (Wildman–Crippen MR) is 86.5 cm³/mol. The van der Waals surface area contributed by atoms with Gasteiger partial charge in [0.05, 0.1) is 0 Å². The Hall–Kier alpha value is -1.16. The molecule has 0 fully saturated rings. The molecule has 0 aromatic carbocycles. The molecule has 0 aliphatic heterocycles. The molecule has 19 heavy (non-hydrogen) atoms. The zero-order valence-electron chi connectivity index (χ0n) is 10.2. The second kappa shape index (κ2) is 4.75. The largest absolute Gasteiger partial charge is 0.148 e. The van der Waals surface area contributed by atoms with Crippen LogP contribution in [-0.2, 0) is 6.42 Å². The molecule has 94 valence electrons. The fourth-order valence-corrected chi connectivity index (χ4v) is 5.21. The van der Waals surface area contributed by atoms with Crippen molar-refractivity contribution in [2.24, 2.45) is 0 Å². The average molecular weight is 300 g/mol. The zero-order valence-corrected chi connectivity index (χ0v) is 12.7. The highest BCUT2D eigenvalue weighted by Crippen LogP contribution is 2.42. The van der Waals surface area contributed by atoms with Crippen LogP contribution in [-0.4, -0.2) is 0 Å². The van der Waals surface area contributed by atoms with Crippen LogP contribution in [0.1, 0.15) is 26.1 Å². The second-order valence-electron chi connectivity index (χ2n) is 4.66. The van der Waals surface area contributed by atoms with Gasteiger partial charge in [0.1, 0.15) is 0 Å². The van der Waals surface area contributed by atoms with Crippen molar-refractivity contribution in [2.45, 2.75) is 12.3 Å². The van der Waals surface area contributed by atoms with Gasteiger partial charge < -0.3 is 0 Å². The fourth-order valence-electron chi connectivity index (χ4n) is 2.62. The molecule has 1 aliphatic rings. The molecular weight excluding hydrogens is 288 g/mol. The summed E-state index contributed by atoms with van der Waals surface area (Å²) in [6.45, 7) is 0. The van der Waals surface area contributed by atoms with Gasteiger partial charge in [0, 0.05) is 26.1 Å². The number of allylic oxidation sites excluding steroid dienone is 1. The molecule has 3 heteroatoms. The summed E-state index contributed by atoms with van der Waals surface area (Å²) >= 11 is 5.58. The Labute approximate surface area is 124 Å². The van der Waals surface area contributed by atoms with Crippen molar-refractivity contribution in [1.29, 1.82) is 0 Å². The molecule has 3 aromatic rings. The van der Waals surface area contributed by atoms with Gasteiger partial charge in [-0.05, 0) is 46.3 Å². The maximum atomic E-state index is 2.47. The molecule has 0 radical (unpaired) electrons. The monoisotopic (exact) mass is 300 g/mol. The summed E-state index contributed by atoms with van der Waals surface area (Å²) in [6.07, 6.45) is 3.62. The number of thiophene rings is 3. The Balaban J connectivity index is 1.85. The maximum Gasteiger partial charge on any atom is 0.0386 e. The minimum absolute atomic E-state index is 0.541. The van der Waals surface area contributed by atoms with Crippen molar-refractivity contribution in [1.82, 2.24) is 0 Å². The van der Waals surface area contributed by atoms with Crippen LogP contribution in [0.3, 0.4) is 0 Å². The van der Waals surface area contributed by atoms with Gasteiger partial charge in [0.25, 0.3) is 0 Å². The van der Waals surface area contributed by atoms with Crippen LogP contribution in [0.15, 0.2) is 52.5 Å². The van der Waals surface area contributed by atoms with E-state index in [1.807, 2.05) is 34.0 Å². The Morgan fingerprint density at radius 2 is 1.79 bits per heavy atom. The standard InChI is InChI=1S/C16H12S3/c1-3-14(17-6-1)12-9-11-5-8-19-16(11)13(10-12)15-4-2-7-18-15/h1-8,10,12H,9H2. The first-order valence-electron chi connectivity index (χ1n) is 6.27. The molecule has 0 saturated heterocycles. The van der Waals surface area contributed by atoms with Gasteiger partial charge in [-0.25, -0.2) is 0 Å². The van der Waals surface area contributed by atoms with Crippen molar-refractivity contribution in [3.8, 4) is 0 Å². The van der Waals surface area contributed by atoms with Crippen LogP contribution in [0.4, 0.5) is 0 Å². The van der Waals surface area contributed by atoms with E-state index < -0.39 is 0 Å². The molecule has 3 aromatic heterocycles. The zero-order chi connectivity index (χ0) is 12.7. The van der Waals surface area contributed by atoms with E-state index in [0.717, 1.165) is 6.42 Å². The summed E-state index contributed by atoms with van der Waals surface area (Å²) in [7, 11) is 0. The lowest BCUT2D eigenvalue weighted by atomic mass is 9.88. The predicted octanol–water partition coefficient (Wildman–Crippen LogP) is 5.64. The minimum Gasteiger partial charge on any atom is -0.148 e. The van der Waals surface area contributed by atoms with Gasteiger partial charge in [-0.1, -0.05) is 18.2 Å². The molecule has 1 atom stereocenters. The lowest BCUT2D eigenvalue weighted by molar-refractivity contribution is 0.845. The summed E-state index contributed by atoms with van der Waals surface area (Å²) in [4.78, 5) is 4.34. The lowest BCUT2D eigenvalue weighted by Gasteiger charge is -2.20. The van der Waals surface area contributed by atoms with E-state index in [0.29, 0.717) is 5.92 Å². The first kappa shape index (κ1) is 11.6. The highest BCUT2D eigenvalue weighted by Gasteiger charge is 2.23. The van der Waals surface area contributed by atoms with E-state index in [1.165, 1.54) is 25.8 Å². The second-order valence-corrected chi connectivity index (χ2v) is 7.50. The SMILES string of the molecule is C1=C(c2cccs2)c2sccc2CC1c1cccs1. The molecule has 0 nitrogen and oxygen atoms in total. The maximum absolute atomic E-state index is 2.47. The third-order valence-electron chi connectivity index (χ3n) is 3.49. The first-order valence-corrected chi connectivity index (χ1v) is 8.91. The molecule has 1 unspecified atom stereocenters. The van der Waals surface area contributed by atoms with Crippen molar-refractivity contribution in [2.75, 3.05) is 0 Å². The van der Waals surface area contributed by atoms with Crippen LogP contribution in [0.25, 0.3) is 5.57 Å². The van der Waals surface area contributed by atoms with Crippen LogP contribution in [0.5, 0.6) is 0 Å². The summed E-state index contributed by atoms with van der Waals surface area (Å²) < 4.78 is 0. The normalized spacial score (nSPS) is 18.1. The number of hydrogen-bond donors (Lipinski definition) is 0. The Bertz CT molecular complexity index is 699. The Kier molecular flexibility index (Phi) is 2.91. The van der Waals surface area contributed by atoms with Gasteiger partial charge in [-0.3, -0.25) is 0 Å². The topological polar surface area (TPSA) is 0 Å². The molecule has 1 aliphatic carbocycles. The molecule has 0 N–H and O–H groups in total. The van der Waals surface area contributed by atoms with Crippen molar-refractivity contribution < 1.29 is 0 Å². The molecular formula is C16H12S3. The third kappa shape index (κ3) is 2.02. The van der Waals surface area contributed by atoms with Gasteiger partial charge >= 0.3 is 0 Å². The van der Waals surface area contributed by atoms with E-state index >= 15 is 0 Å². The van der Waals surface area contributed by atoms with Gasteiger partial charge in [0.2, 0.25) is 0 Å². The molecule has 0 amide bonds. The molecule has 4 rings (SSSR count). The van der Waals surface area contributed by atoms with E-state index in [1.54, 1.807) is 0 Å². The van der Waals surface area contributed by atoms with Gasteiger partial charge in [0.15, 0.2) is 0 Å². The summed E-state index contributed by atoms with van der Waals surface area (Å²) in [6, 6.07) is 11.1. The highest BCUT2D eigenvalue weighted by atomic mass is 32.1. The Morgan fingerprint density at radius 1 is 0.895 bits per heavy atom. The first-order chi connectivity index (χ1) is 9.42. The van der Waals surface area contributed by atoms with Gasteiger partial charge in [-0.15, -0.1) is 34.0 Å². The quantitative estimate of drug-likeness (QED) is 0.574. The highest BCUT2D eigenvalue weighted by molar-refractivity contribution is 7.14. The van der Waals surface area contributed by atoms with E-state index in [2.05, 4.69) is 52.5 Å². The number of rotatable bonds is 2. The van der Waals surface area contributed by atoms with E-state index in [-0.39, 0.29) is 0 Å². The molecule has 0 bridgehead atoms. The molecule has 0 spiro atoms. The summed E-state index contributed by atoms with van der Waals surface area (Å²) in [5, 5.41) is 6.57. The Morgan fingerprint density at radius 3 is 2.58 bits per heavy atom. The summed E-state index contributed by atoms with van der Waals surface area (Å²) in [5.41, 5.74) is 2.94. The van der Waals surface area contributed by atoms with Crippen LogP contribution < -0.4 is 0 Å².